The van der Waals surface area contributed by atoms with E-state index in [1.54, 1.807) is 6.07 Å². The van der Waals surface area contributed by atoms with Crippen molar-refractivity contribution >= 4 is 22.7 Å². The Morgan fingerprint density at radius 1 is 1.05 bits per heavy atom. The molecule has 0 bridgehead atoms. The van der Waals surface area contributed by atoms with E-state index in [-0.39, 0.29) is 6.61 Å². The van der Waals surface area contributed by atoms with Crippen LogP contribution >= 0.6 is 0 Å². The van der Waals surface area contributed by atoms with Gasteiger partial charge in [0.2, 0.25) is 0 Å². The normalized spacial score (nSPS) is 13.8. The maximum Gasteiger partial charge on any atom is 0.335 e. The number of hydrogen-bond acceptors (Lipinski definition) is 4. The highest BCUT2D eigenvalue weighted by Crippen LogP contribution is 2.17. The predicted octanol–water partition coefficient (Wildman–Crippen LogP) is 1.22. The Bertz CT molecular complexity index is 670. The van der Waals surface area contributed by atoms with E-state index in [0.717, 1.165) is 16.3 Å². The van der Waals surface area contributed by atoms with E-state index >= 15 is 0 Å². The van der Waals surface area contributed by atoms with E-state index in [9.17, 15) is 9.59 Å². The standard InChI is InChI=1S/C15H15NO5/c16-12(14(17)18)13(15(19)20)21-8-9-5-6-10-3-1-2-4-11(10)7-9/h1-7,12-13H,8,16H2,(H,17,18)(H,19,20)/t12-,13-/m0/s1. The Hall–Kier alpha value is -2.44. The Kier molecular flexibility index (Phi) is 4.52. The summed E-state index contributed by atoms with van der Waals surface area (Å²) in [5.41, 5.74) is 6.06. The number of ether oxygens (including phenoxy) is 1. The fourth-order valence-electron chi connectivity index (χ4n) is 1.97. The highest BCUT2D eigenvalue weighted by molar-refractivity contribution is 5.84. The molecular weight excluding hydrogens is 274 g/mol. The number of nitrogens with two attached hydrogens (primary N) is 1. The largest absolute Gasteiger partial charge is 0.480 e. The third-order valence-corrected chi connectivity index (χ3v) is 3.10. The van der Waals surface area contributed by atoms with Gasteiger partial charge in [-0.3, -0.25) is 4.79 Å². The Balaban J connectivity index is 2.12. The van der Waals surface area contributed by atoms with Crippen molar-refractivity contribution in [1.29, 1.82) is 0 Å². The zero-order valence-electron chi connectivity index (χ0n) is 11.1. The van der Waals surface area contributed by atoms with Crippen molar-refractivity contribution in [3.63, 3.8) is 0 Å². The molecule has 2 atom stereocenters. The van der Waals surface area contributed by atoms with Gasteiger partial charge in [-0.15, -0.1) is 0 Å². The predicted molar refractivity (Wildman–Crippen MR) is 75.8 cm³/mol. The number of benzene rings is 2. The summed E-state index contributed by atoms with van der Waals surface area (Å²) in [6.07, 6.45) is -1.59. The van der Waals surface area contributed by atoms with Gasteiger partial charge < -0.3 is 20.7 Å². The maximum atomic E-state index is 11.0. The highest BCUT2D eigenvalue weighted by Gasteiger charge is 2.31. The van der Waals surface area contributed by atoms with Crippen molar-refractivity contribution < 1.29 is 24.5 Å². The molecule has 0 radical (unpaired) electrons. The lowest BCUT2D eigenvalue weighted by Gasteiger charge is -2.17. The first-order chi connectivity index (χ1) is 9.99. The van der Waals surface area contributed by atoms with Crippen LogP contribution < -0.4 is 5.73 Å². The lowest BCUT2D eigenvalue weighted by Crippen LogP contribution is -2.47. The second kappa shape index (κ2) is 6.34. The van der Waals surface area contributed by atoms with Crippen LogP contribution in [0.15, 0.2) is 42.5 Å². The second-order valence-corrected chi connectivity index (χ2v) is 4.62. The fraction of sp³-hybridized carbons (Fsp3) is 0.200. The van der Waals surface area contributed by atoms with Gasteiger partial charge in [-0.05, 0) is 22.4 Å². The first-order valence-corrected chi connectivity index (χ1v) is 6.29. The molecule has 2 aromatic carbocycles. The van der Waals surface area contributed by atoms with E-state index in [1.807, 2.05) is 36.4 Å². The number of carboxylic acids is 2. The summed E-state index contributed by atoms with van der Waals surface area (Å²) < 4.78 is 5.16. The number of fused-ring (bicyclic) bond motifs is 1. The third-order valence-electron chi connectivity index (χ3n) is 3.10. The van der Waals surface area contributed by atoms with Crippen LogP contribution in [0.25, 0.3) is 10.8 Å². The first kappa shape index (κ1) is 15.0. The molecule has 4 N–H and O–H groups in total. The van der Waals surface area contributed by atoms with Crippen LogP contribution in [0, 0.1) is 0 Å². The quantitative estimate of drug-likeness (QED) is 0.737. The van der Waals surface area contributed by atoms with Crippen LogP contribution in [-0.2, 0) is 20.9 Å². The summed E-state index contributed by atoms with van der Waals surface area (Å²) in [6.45, 7) is -0.0250. The summed E-state index contributed by atoms with van der Waals surface area (Å²) in [7, 11) is 0. The molecular formula is C15H15NO5. The monoisotopic (exact) mass is 289 g/mol. The number of carbonyl (C=O) groups is 2. The number of rotatable bonds is 6. The summed E-state index contributed by atoms with van der Waals surface area (Å²) >= 11 is 0. The van der Waals surface area contributed by atoms with Crippen LogP contribution in [0.4, 0.5) is 0 Å². The van der Waals surface area contributed by atoms with Crippen LogP contribution in [0.3, 0.4) is 0 Å². The van der Waals surface area contributed by atoms with E-state index in [2.05, 4.69) is 0 Å². The molecule has 0 heterocycles. The Morgan fingerprint density at radius 2 is 1.71 bits per heavy atom. The van der Waals surface area contributed by atoms with E-state index in [0.29, 0.717) is 0 Å². The van der Waals surface area contributed by atoms with E-state index in [4.69, 9.17) is 20.7 Å². The van der Waals surface area contributed by atoms with Gasteiger partial charge in [0.25, 0.3) is 0 Å². The lowest BCUT2D eigenvalue weighted by molar-refractivity contribution is -0.159. The first-order valence-electron chi connectivity index (χ1n) is 6.29. The van der Waals surface area contributed by atoms with Crippen LogP contribution in [0.5, 0.6) is 0 Å². The summed E-state index contributed by atoms with van der Waals surface area (Å²) in [5, 5.41) is 19.8. The minimum Gasteiger partial charge on any atom is -0.480 e. The zero-order chi connectivity index (χ0) is 15.4. The molecule has 0 unspecified atom stereocenters. The molecule has 0 spiro atoms. The van der Waals surface area contributed by atoms with E-state index < -0.39 is 24.1 Å². The van der Waals surface area contributed by atoms with Gasteiger partial charge >= 0.3 is 11.9 Å². The van der Waals surface area contributed by atoms with Gasteiger partial charge in [-0.1, -0.05) is 36.4 Å². The van der Waals surface area contributed by atoms with Crippen molar-refractivity contribution in [2.24, 2.45) is 5.73 Å². The molecule has 6 heteroatoms. The second-order valence-electron chi connectivity index (χ2n) is 4.62. The van der Waals surface area contributed by atoms with Gasteiger partial charge in [0.05, 0.1) is 6.61 Å². The van der Waals surface area contributed by atoms with Crippen LogP contribution in [-0.4, -0.2) is 34.3 Å². The molecule has 0 amide bonds. The molecule has 21 heavy (non-hydrogen) atoms. The van der Waals surface area contributed by atoms with Crippen LogP contribution in [0.2, 0.25) is 0 Å². The van der Waals surface area contributed by atoms with Gasteiger partial charge in [-0.25, -0.2) is 4.79 Å². The average molecular weight is 289 g/mol. The minimum atomic E-state index is -1.61. The molecule has 0 aliphatic rings. The highest BCUT2D eigenvalue weighted by atomic mass is 16.5. The van der Waals surface area contributed by atoms with Crippen molar-refractivity contribution in [2.45, 2.75) is 18.8 Å². The number of hydrogen-bond donors (Lipinski definition) is 3. The lowest BCUT2D eigenvalue weighted by atomic mass is 10.1. The summed E-state index contributed by atoms with van der Waals surface area (Å²) in [6, 6.07) is 11.6. The van der Waals surface area contributed by atoms with Crippen molar-refractivity contribution in [2.75, 3.05) is 0 Å². The van der Waals surface area contributed by atoms with Gasteiger partial charge in [0, 0.05) is 0 Å². The van der Waals surface area contributed by atoms with Gasteiger partial charge in [0.1, 0.15) is 6.04 Å². The molecule has 6 nitrogen and oxygen atoms in total. The van der Waals surface area contributed by atoms with Crippen molar-refractivity contribution in [3.8, 4) is 0 Å². The maximum absolute atomic E-state index is 11.0. The Morgan fingerprint density at radius 3 is 2.33 bits per heavy atom. The zero-order valence-corrected chi connectivity index (χ0v) is 11.1. The van der Waals surface area contributed by atoms with Gasteiger partial charge in [-0.2, -0.15) is 0 Å². The summed E-state index contributed by atoms with van der Waals surface area (Å²) in [4.78, 5) is 21.8. The van der Waals surface area contributed by atoms with Crippen molar-refractivity contribution in [1.82, 2.24) is 0 Å². The molecule has 0 saturated heterocycles. The number of carboxylic acid groups (broad SMARTS) is 2. The molecule has 2 rings (SSSR count). The minimum absolute atomic E-state index is 0.0250. The fourth-order valence-corrected chi connectivity index (χ4v) is 1.97. The Labute approximate surface area is 120 Å². The summed E-state index contributed by atoms with van der Waals surface area (Å²) in [5.74, 6) is -2.81. The molecule has 2 aromatic rings. The molecule has 0 aromatic heterocycles. The molecule has 0 fully saturated rings. The topological polar surface area (TPSA) is 110 Å². The average Bonchev–Trinajstić information content (AvgIpc) is 2.46. The smallest absolute Gasteiger partial charge is 0.335 e. The van der Waals surface area contributed by atoms with Crippen LogP contribution in [0.1, 0.15) is 5.56 Å². The molecule has 0 saturated carbocycles. The van der Waals surface area contributed by atoms with Crippen molar-refractivity contribution in [3.05, 3.63) is 48.0 Å². The SMILES string of the molecule is N[C@H](C(=O)O)[C@H](OCc1ccc2ccccc2c1)C(=O)O. The van der Waals surface area contributed by atoms with Gasteiger partial charge in [0.15, 0.2) is 6.10 Å². The molecule has 0 aliphatic heterocycles. The third kappa shape index (κ3) is 3.56. The molecule has 110 valence electrons. The number of aliphatic carboxylic acids is 2. The molecule has 0 aliphatic carbocycles. The van der Waals surface area contributed by atoms with E-state index in [1.165, 1.54) is 0 Å².